The van der Waals surface area contributed by atoms with Crippen molar-refractivity contribution in [2.24, 2.45) is 0 Å². The molecule has 1 saturated heterocycles. The minimum absolute atomic E-state index is 0.00992. The molecule has 0 unspecified atom stereocenters. The highest BCUT2D eigenvalue weighted by molar-refractivity contribution is 5.88. The molecule has 1 heterocycles. The van der Waals surface area contributed by atoms with Crippen LogP contribution in [0, 0.1) is 0 Å². The Balaban J connectivity index is 1.50. The number of ether oxygens (including phenoxy) is 1. The molecule has 0 bridgehead atoms. The van der Waals surface area contributed by atoms with E-state index in [0.717, 1.165) is 19.6 Å². The monoisotopic (exact) mass is 381 g/mol. The molecular weight excluding hydrogens is 354 g/mol. The highest BCUT2D eigenvalue weighted by Gasteiger charge is 2.26. The highest BCUT2D eigenvalue weighted by atomic mass is 16.5. The van der Waals surface area contributed by atoms with Gasteiger partial charge in [-0.05, 0) is 24.6 Å². The van der Waals surface area contributed by atoms with Crippen LogP contribution in [-0.2, 0) is 16.1 Å². The lowest BCUT2D eigenvalue weighted by Crippen LogP contribution is -2.51. The van der Waals surface area contributed by atoms with Gasteiger partial charge in [0.1, 0.15) is 5.75 Å². The average molecular weight is 381 g/mol. The van der Waals surface area contributed by atoms with Crippen molar-refractivity contribution in [2.75, 3.05) is 31.5 Å². The van der Waals surface area contributed by atoms with Crippen molar-refractivity contribution in [1.82, 2.24) is 9.80 Å². The van der Waals surface area contributed by atoms with Gasteiger partial charge in [-0.15, -0.1) is 0 Å². The Labute approximate surface area is 166 Å². The molecule has 1 atom stereocenters. The normalized spacial score (nSPS) is 15.7. The van der Waals surface area contributed by atoms with E-state index in [-0.39, 0.29) is 11.8 Å². The van der Waals surface area contributed by atoms with E-state index in [0.29, 0.717) is 24.5 Å². The van der Waals surface area contributed by atoms with Gasteiger partial charge in [0.2, 0.25) is 5.91 Å². The summed E-state index contributed by atoms with van der Waals surface area (Å²) < 4.78 is 5.82. The van der Waals surface area contributed by atoms with Crippen LogP contribution in [0.25, 0.3) is 0 Å². The number of carbonyl (C=O) groups is 2. The van der Waals surface area contributed by atoms with E-state index < -0.39 is 6.10 Å². The molecule has 0 saturated carbocycles. The first-order valence-electron chi connectivity index (χ1n) is 9.60. The molecule has 1 aliphatic rings. The van der Waals surface area contributed by atoms with Crippen LogP contribution < -0.4 is 10.1 Å². The first-order chi connectivity index (χ1) is 13.5. The molecule has 6 heteroatoms. The van der Waals surface area contributed by atoms with Crippen LogP contribution in [-0.4, -0.2) is 53.9 Å². The lowest BCUT2D eigenvalue weighted by atomic mass is 10.2. The summed E-state index contributed by atoms with van der Waals surface area (Å²) in [6, 6.07) is 17.5. The van der Waals surface area contributed by atoms with Crippen LogP contribution in [0.3, 0.4) is 0 Å². The van der Waals surface area contributed by atoms with E-state index >= 15 is 0 Å². The second kappa shape index (κ2) is 9.37. The summed E-state index contributed by atoms with van der Waals surface area (Å²) in [7, 11) is 0. The number of hydrogen-bond donors (Lipinski definition) is 1. The SMILES string of the molecule is CC(=O)Nc1cccc(O[C@H](C)C(=O)N2CCN(Cc3ccccc3)CC2)c1. The topological polar surface area (TPSA) is 61.9 Å². The third kappa shape index (κ3) is 5.57. The zero-order valence-electron chi connectivity index (χ0n) is 16.4. The van der Waals surface area contributed by atoms with Gasteiger partial charge < -0.3 is 15.0 Å². The zero-order chi connectivity index (χ0) is 19.9. The number of piperazine rings is 1. The molecule has 3 rings (SSSR count). The molecule has 28 heavy (non-hydrogen) atoms. The summed E-state index contributed by atoms with van der Waals surface area (Å²) >= 11 is 0. The summed E-state index contributed by atoms with van der Waals surface area (Å²) in [5.74, 6) is 0.411. The van der Waals surface area contributed by atoms with Gasteiger partial charge in [0, 0.05) is 51.4 Å². The number of amides is 2. The molecule has 0 spiro atoms. The Kier molecular flexibility index (Phi) is 6.66. The zero-order valence-corrected chi connectivity index (χ0v) is 16.4. The fourth-order valence-electron chi connectivity index (χ4n) is 3.33. The standard InChI is InChI=1S/C22H27N3O3/c1-17(28-21-10-6-9-20(15-21)23-18(2)26)22(27)25-13-11-24(12-14-25)16-19-7-4-3-5-8-19/h3-10,15,17H,11-14,16H2,1-2H3,(H,23,26)/t17-/m1/s1. The van der Waals surface area contributed by atoms with E-state index in [1.165, 1.54) is 12.5 Å². The number of anilines is 1. The number of hydrogen-bond acceptors (Lipinski definition) is 4. The second-order valence-corrected chi connectivity index (χ2v) is 7.06. The van der Waals surface area contributed by atoms with Crippen molar-refractivity contribution in [3.8, 4) is 5.75 Å². The Morgan fingerprint density at radius 2 is 1.75 bits per heavy atom. The fourth-order valence-corrected chi connectivity index (χ4v) is 3.33. The Morgan fingerprint density at radius 3 is 2.43 bits per heavy atom. The van der Waals surface area contributed by atoms with Gasteiger partial charge in [0.15, 0.2) is 6.10 Å². The summed E-state index contributed by atoms with van der Waals surface area (Å²) in [6.07, 6.45) is -0.576. The number of benzene rings is 2. The summed E-state index contributed by atoms with van der Waals surface area (Å²) in [5, 5.41) is 2.72. The maximum atomic E-state index is 12.7. The molecule has 1 N–H and O–H groups in total. The van der Waals surface area contributed by atoms with Crippen molar-refractivity contribution >= 4 is 17.5 Å². The molecule has 0 aromatic heterocycles. The molecule has 2 amide bonds. The largest absolute Gasteiger partial charge is 0.481 e. The Bertz CT molecular complexity index is 802. The van der Waals surface area contributed by atoms with Crippen LogP contribution in [0.15, 0.2) is 54.6 Å². The number of nitrogens with one attached hydrogen (secondary N) is 1. The molecule has 1 fully saturated rings. The number of rotatable bonds is 6. The third-order valence-corrected chi connectivity index (χ3v) is 4.75. The van der Waals surface area contributed by atoms with Crippen LogP contribution in [0.5, 0.6) is 5.75 Å². The predicted molar refractivity (Wildman–Crippen MR) is 109 cm³/mol. The fraction of sp³-hybridized carbons (Fsp3) is 0.364. The van der Waals surface area contributed by atoms with Crippen molar-refractivity contribution in [2.45, 2.75) is 26.5 Å². The Morgan fingerprint density at radius 1 is 1.04 bits per heavy atom. The third-order valence-electron chi connectivity index (χ3n) is 4.75. The van der Waals surface area contributed by atoms with Crippen LogP contribution in [0.2, 0.25) is 0 Å². The van der Waals surface area contributed by atoms with E-state index in [9.17, 15) is 9.59 Å². The second-order valence-electron chi connectivity index (χ2n) is 7.06. The molecule has 148 valence electrons. The lowest BCUT2D eigenvalue weighted by Gasteiger charge is -2.35. The van der Waals surface area contributed by atoms with Gasteiger partial charge >= 0.3 is 0 Å². The van der Waals surface area contributed by atoms with Gasteiger partial charge in [-0.25, -0.2) is 0 Å². The summed E-state index contributed by atoms with van der Waals surface area (Å²) in [6.45, 7) is 7.24. The van der Waals surface area contributed by atoms with Gasteiger partial charge in [-0.1, -0.05) is 36.4 Å². The maximum absolute atomic E-state index is 12.7. The van der Waals surface area contributed by atoms with E-state index in [4.69, 9.17) is 4.74 Å². The highest BCUT2D eigenvalue weighted by Crippen LogP contribution is 2.19. The van der Waals surface area contributed by atoms with Crippen molar-refractivity contribution in [3.63, 3.8) is 0 Å². The van der Waals surface area contributed by atoms with Gasteiger partial charge in [-0.3, -0.25) is 14.5 Å². The van der Waals surface area contributed by atoms with Crippen molar-refractivity contribution < 1.29 is 14.3 Å². The quantitative estimate of drug-likeness (QED) is 0.836. The van der Waals surface area contributed by atoms with Gasteiger partial charge in [0.25, 0.3) is 5.91 Å². The summed E-state index contributed by atoms with van der Waals surface area (Å²) in [5.41, 5.74) is 1.94. The smallest absolute Gasteiger partial charge is 0.263 e. The van der Waals surface area contributed by atoms with E-state index in [1.807, 2.05) is 11.0 Å². The predicted octanol–water partition coefficient (Wildman–Crippen LogP) is 2.76. The van der Waals surface area contributed by atoms with Gasteiger partial charge in [-0.2, -0.15) is 0 Å². The minimum Gasteiger partial charge on any atom is -0.481 e. The summed E-state index contributed by atoms with van der Waals surface area (Å²) in [4.78, 5) is 28.2. The van der Waals surface area contributed by atoms with Crippen LogP contribution in [0.1, 0.15) is 19.4 Å². The van der Waals surface area contributed by atoms with Crippen molar-refractivity contribution in [3.05, 3.63) is 60.2 Å². The molecular formula is C22H27N3O3. The number of nitrogens with zero attached hydrogens (tertiary/aromatic N) is 2. The molecule has 1 aliphatic heterocycles. The molecule has 0 radical (unpaired) electrons. The lowest BCUT2D eigenvalue weighted by molar-refractivity contribution is -0.139. The van der Waals surface area contributed by atoms with E-state index in [2.05, 4.69) is 34.5 Å². The molecule has 2 aromatic rings. The van der Waals surface area contributed by atoms with Crippen LogP contribution >= 0.6 is 0 Å². The van der Waals surface area contributed by atoms with Crippen LogP contribution in [0.4, 0.5) is 5.69 Å². The maximum Gasteiger partial charge on any atom is 0.263 e. The number of carbonyl (C=O) groups excluding carboxylic acids is 2. The average Bonchev–Trinajstić information content (AvgIpc) is 2.68. The van der Waals surface area contributed by atoms with E-state index in [1.54, 1.807) is 31.2 Å². The van der Waals surface area contributed by atoms with Crippen molar-refractivity contribution in [1.29, 1.82) is 0 Å². The minimum atomic E-state index is -0.576. The molecule has 2 aromatic carbocycles. The Hall–Kier alpha value is -2.86. The molecule has 0 aliphatic carbocycles. The molecule has 6 nitrogen and oxygen atoms in total. The first-order valence-corrected chi connectivity index (χ1v) is 9.60. The van der Waals surface area contributed by atoms with Gasteiger partial charge in [0.05, 0.1) is 0 Å². The first kappa shape index (κ1) is 19.9.